The number of carboxylic acids is 1. The molecule has 1 N–H and O–H groups in total. The summed E-state index contributed by atoms with van der Waals surface area (Å²) < 4.78 is 23.8. The van der Waals surface area contributed by atoms with Crippen LogP contribution in [0.15, 0.2) is 22.6 Å². The Kier molecular flexibility index (Phi) is 3.71. The molecule has 19 heavy (non-hydrogen) atoms. The van der Waals surface area contributed by atoms with Crippen LogP contribution in [0.25, 0.3) is 11.5 Å². The third-order valence-electron chi connectivity index (χ3n) is 2.23. The maximum atomic E-state index is 13.6. The smallest absolute Gasteiger partial charge is 0.362 e. The first kappa shape index (κ1) is 13.4. The van der Waals surface area contributed by atoms with Crippen LogP contribution in [0.4, 0.5) is 4.39 Å². The molecule has 0 spiro atoms. The molecule has 1 heterocycles. The van der Waals surface area contributed by atoms with Gasteiger partial charge in [-0.1, -0.05) is 11.6 Å². The molecule has 0 amide bonds. The number of halogens is 2. The van der Waals surface area contributed by atoms with E-state index in [2.05, 4.69) is 4.98 Å². The minimum Gasteiger partial charge on any atom is -0.476 e. The van der Waals surface area contributed by atoms with Crippen molar-refractivity contribution in [3.05, 3.63) is 34.7 Å². The van der Waals surface area contributed by atoms with Crippen molar-refractivity contribution in [3.8, 4) is 17.4 Å². The van der Waals surface area contributed by atoms with E-state index < -0.39 is 17.5 Å². The second-order valence-corrected chi connectivity index (χ2v) is 3.95. The Labute approximate surface area is 112 Å². The third kappa shape index (κ3) is 2.68. The molecule has 1 aromatic carbocycles. The summed E-state index contributed by atoms with van der Waals surface area (Å²) in [6, 6.07) is 3.80. The SMILES string of the molecule is CCOc1oc(-c2cc(Cl)ccc2F)nc1C(=O)O. The van der Waals surface area contributed by atoms with Gasteiger partial charge < -0.3 is 14.3 Å². The molecular formula is C12H9ClFNO4. The Morgan fingerprint density at radius 2 is 2.32 bits per heavy atom. The predicted molar refractivity (Wildman–Crippen MR) is 65.0 cm³/mol. The van der Waals surface area contributed by atoms with Gasteiger partial charge in [0.25, 0.3) is 0 Å². The molecule has 0 unspecified atom stereocenters. The van der Waals surface area contributed by atoms with E-state index in [4.69, 9.17) is 25.9 Å². The van der Waals surface area contributed by atoms with Crippen LogP contribution in [-0.4, -0.2) is 22.7 Å². The quantitative estimate of drug-likeness (QED) is 0.933. The predicted octanol–water partition coefficient (Wildman–Crippen LogP) is 3.23. The Hall–Kier alpha value is -2.08. The fourth-order valence-electron chi connectivity index (χ4n) is 1.45. The number of aromatic carboxylic acids is 1. The molecule has 0 aliphatic rings. The number of oxazole rings is 1. The summed E-state index contributed by atoms with van der Waals surface area (Å²) in [5, 5.41) is 9.24. The highest BCUT2D eigenvalue weighted by atomic mass is 35.5. The highest BCUT2D eigenvalue weighted by molar-refractivity contribution is 6.30. The molecule has 0 radical (unpaired) electrons. The molecule has 0 aliphatic carbocycles. The minimum atomic E-state index is -1.32. The standard InChI is InChI=1S/C12H9ClFNO4/c1-2-18-12-9(11(16)17)15-10(19-12)7-5-6(13)3-4-8(7)14/h3-5H,2H2,1H3,(H,16,17). The van der Waals surface area contributed by atoms with Crippen LogP contribution >= 0.6 is 11.6 Å². The third-order valence-corrected chi connectivity index (χ3v) is 2.47. The van der Waals surface area contributed by atoms with E-state index in [1.54, 1.807) is 6.92 Å². The van der Waals surface area contributed by atoms with Crippen LogP contribution in [0.5, 0.6) is 5.95 Å². The molecule has 100 valence electrons. The summed E-state index contributed by atoms with van der Waals surface area (Å²) in [6.07, 6.45) is 0. The average molecular weight is 286 g/mol. The molecule has 0 saturated heterocycles. The summed E-state index contributed by atoms with van der Waals surface area (Å²) in [5.41, 5.74) is -0.433. The Balaban J connectivity index is 2.53. The van der Waals surface area contributed by atoms with Gasteiger partial charge in [0.1, 0.15) is 5.82 Å². The largest absolute Gasteiger partial charge is 0.476 e. The summed E-state index contributed by atoms with van der Waals surface area (Å²) >= 11 is 5.75. The number of rotatable bonds is 4. The molecular weight excluding hydrogens is 277 g/mol. The van der Waals surface area contributed by atoms with Gasteiger partial charge in [0, 0.05) is 5.02 Å². The number of aromatic nitrogens is 1. The van der Waals surface area contributed by atoms with E-state index >= 15 is 0 Å². The van der Waals surface area contributed by atoms with Crippen molar-refractivity contribution in [1.29, 1.82) is 0 Å². The van der Waals surface area contributed by atoms with Crippen molar-refractivity contribution in [3.63, 3.8) is 0 Å². The summed E-state index contributed by atoms with van der Waals surface area (Å²) in [4.78, 5) is 14.7. The van der Waals surface area contributed by atoms with E-state index in [0.717, 1.165) is 6.07 Å². The zero-order chi connectivity index (χ0) is 14.0. The lowest BCUT2D eigenvalue weighted by Gasteiger charge is -1.99. The van der Waals surface area contributed by atoms with Crippen LogP contribution in [0.2, 0.25) is 5.02 Å². The van der Waals surface area contributed by atoms with Gasteiger partial charge in [-0.25, -0.2) is 9.18 Å². The molecule has 0 atom stereocenters. The first-order chi connectivity index (χ1) is 9.02. The number of carbonyl (C=O) groups is 1. The second kappa shape index (κ2) is 5.27. The molecule has 2 rings (SSSR count). The molecule has 0 saturated carbocycles. The molecule has 1 aromatic heterocycles. The Bertz CT molecular complexity index is 626. The summed E-state index contributed by atoms with van der Waals surface area (Å²) in [5.74, 6) is -2.39. The fourth-order valence-corrected chi connectivity index (χ4v) is 1.62. The summed E-state index contributed by atoms with van der Waals surface area (Å²) in [7, 11) is 0. The van der Waals surface area contributed by atoms with Gasteiger partial charge >= 0.3 is 11.9 Å². The maximum Gasteiger partial charge on any atom is 0.362 e. The van der Waals surface area contributed by atoms with Gasteiger partial charge in [-0.2, -0.15) is 4.98 Å². The number of nitrogens with zero attached hydrogens (tertiary/aromatic N) is 1. The van der Waals surface area contributed by atoms with Crippen LogP contribution in [0.3, 0.4) is 0 Å². The van der Waals surface area contributed by atoms with Crippen molar-refractivity contribution < 1.29 is 23.4 Å². The lowest BCUT2D eigenvalue weighted by molar-refractivity contribution is 0.0683. The van der Waals surface area contributed by atoms with E-state index in [0.29, 0.717) is 0 Å². The molecule has 0 aliphatic heterocycles. The van der Waals surface area contributed by atoms with Gasteiger partial charge in [-0.05, 0) is 25.1 Å². The first-order valence-corrected chi connectivity index (χ1v) is 5.73. The lowest BCUT2D eigenvalue weighted by atomic mass is 10.2. The number of carboxylic acid groups (broad SMARTS) is 1. The summed E-state index contributed by atoms with van der Waals surface area (Å²) in [6.45, 7) is 1.86. The van der Waals surface area contributed by atoms with Crippen molar-refractivity contribution in [1.82, 2.24) is 4.98 Å². The van der Waals surface area contributed by atoms with Crippen molar-refractivity contribution in [2.75, 3.05) is 6.61 Å². The van der Waals surface area contributed by atoms with Gasteiger partial charge in [-0.15, -0.1) is 0 Å². The van der Waals surface area contributed by atoms with Gasteiger partial charge in [0.15, 0.2) is 0 Å². The van der Waals surface area contributed by atoms with Gasteiger partial charge in [0.05, 0.1) is 12.2 Å². The van der Waals surface area contributed by atoms with Crippen LogP contribution in [0, 0.1) is 5.82 Å². The molecule has 0 bridgehead atoms. The maximum absolute atomic E-state index is 13.6. The second-order valence-electron chi connectivity index (χ2n) is 3.52. The van der Waals surface area contributed by atoms with E-state index in [1.807, 2.05) is 0 Å². The molecule has 7 heteroatoms. The molecule has 2 aromatic rings. The van der Waals surface area contributed by atoms with Crippen LogP contribution < -0.4 is 4.74 Å². The zero-order valence-corrected chi connectivity index (χ0v) is 10.6. The van der Waals surface area contributed by atoms with Gasteiger partial charge in [0.2, 0.25) is 11.6 Å². The average Bonchev–Trinajstić information content (AvgIpc) is 2.77. The van der Waals surface area contributed by atoms with E-state index in [9.17, 15) is 9.18 Å². The number of hydrogen-bond donors (Lipinski definition) is 1. The van der Waals surface area contributed by atoms with E-state index in [-0.39, 0.29) is 29.0 Å². The van der Waals surface area contributed by atoms with Crippen molar-refractivity contribution in [2.24, 2.45) is 0 Å². The number of ether oxygens (including phenoxy) is 1. The minimum absolute atomic E-state index is 0.0269. The molecule has 5 nitrogen and oxygen atoms in total. The lowest BCUT2D eigenvalue weighted by Crippen LogP contribution is -2.01. The highest BCUT2D eigenvalue weighted by Gasteiger charge is 2.23. The fraction of sp³-hybridized carbons (Fsp3) is 0.167. The zero-order valence-electron chi connectivity index (χ0n) is 9.81. The Morgan fingerprint density at radius 3 is 2.95 bits per heavy atom. The van der Waals surface area contributed by atoms with Crippen LogP contribution in [0.1, 0.15) is 17.4 Å². The van der Waals surface area contributed by atoms with Crippen molar-refractivity contribution >= 4 is 17.6 Å². The number of benzene rings is 1. The van der Waals surface area contributed by atoms with E-state index in [1.165, 1.54) is 12.1 Å². The topological polar surface area (TPSA) is 72.6 Å². The van der Waals surface area contributed by atoms with Crippen LogP contribution in [-0.2, 0) is 0 Å². The van der Waals surface area contributed by atoms with Gasteiger partial charge in [-0.3, -0.25) is 0 Å². The monoisotopic (exact) mass is 285 g/mol. The van der Waals surface area contributed by atoms with Crippen molar-refractivity contribution in [2.45, 2.75) is 6.92 Å². The highest BCUT2D eigenvalue weighted by Crippen LogP contribution is 2.30. The normalized spacial score (nSPS) is 10.5. The molecule has 0 fully saturated rings. The first-order valence-electron chi connectivity index (χ1n) is 5.35. The Morgan fingerprint density at radius 1 is 1.58 bits per heavy atom. The number of hydrogen-bond acceptors (Lipinski definition) is 4.